The van der Waals surface area contributed by atoms with Gasteiger partial charge in [0.15, 0.2) is 5.78 Å². The molecule has 18 heavy (non-hydrogen) atoms. The summed E-state index contributed by atoms with van der Waals surface area (Å²) >= 11 is 0. The SMILES string of the molecule is COc1ccc2ccc(OC)c(C(=O)CN)c2c1. The van der Waals surface area contributed by atoms with Gasteiger partial charge in [0.1, 0.15) is 11.5 Å². The Bertz CT molecular complexity index is 588. The Kier molecular flexibility index (Phi) is 3.48. The number of hydrogen-bond donors (Lipinski definition) is 1. The predicted octanol–water partition coefficient (Wildman–Crippen LogP) is 2.00. The molecular weight excluding hydrogens is 230 g/mol. The first kappa shape index (κ1) is 12.4. The lowest BCUT2D eigenvalue weighted by Gasteiger charge is -2.11. The Labute approximate surface area is 105 Å². The van der Waals surface area contributed by atoms with E-state index in [4.69, 9.17) is 15.2 Å². The number of nitrogens with two attached hydrogens (primary N) is 1. The van der Waals surface area contributed by atoms with E-state index in [0.29, 0.717) is 17.1 Å². The molecule has 0 aromatic heterocycles. The topological polar surface area (TPSA) is 61.5 Å². The van der Waals surface area contributed by atoms with E-state index >= 15 is 0 Å². The molecule has 0 aliphatic heterocycles. The summed E-state index contributed by atoms with van der Waals surface area (Å²) < 4.78 is 10.4. The van der Waals surface area contributed by atoms with Gasteiger partial charge in [-0.15, -0.1) is 0 Å². The van der Waals surface area contributed by atoms with Gasteiger partial charge in [-0.2, -0.15) is 0 Å². The third-order valence-electron chi connectivity index (χ3n) is 2.87. The Morgan fingerprint density at radius 1 is 1.17 bits per heavy atom. The molecular formula is C14H15NO3. The van der Waals surface area contributed by atoms with Gasteiger partial charge in [-0.05, 0) is 29.0 Å². The highest BCUT2D eigenvalue weighted by Gasteiger charge is 2.15. The number of fused-ring (bicyclic) bond motifs is 1. The molecule has 2 aromatic rings. The van der Waals surface area contributed by atoms with E-state index in [-0.39, 0.29) is 12.3 Å². The monoisotopic (exact) mass is 245 g/mol. The lowest BCUT2D eigenvalue weighted by atomic mass is 10.00. The van der Waals surface area contributed by atoms with Crippen molar-refractivity contribution < 1.29 is 14.3 Å². The molecule has 0 saturated carbocycles. The lowest BCUT2D eigenvalue weighted by molar-refractivity contribution is 0.1000. The summed E-state index contributed by atoms with van der Waals surface area (Å²) in [6, 6.07) is 9.26. The molecule has 0 fully saturated rings. The zero-order valence-electron chi connectivity index (χ0n) is 10.4. The molecule has 0 saturated heterocycles. The summed E-state index contributed by atoms with van der Waals surface area (Å²) in [7, 11) is 3.13. The van der Waals surface area contributed by atoms with Crippen molar-refractivity contribution in [3.05, 3.63) is 35.9 Å². The standard InChI is InChI=1S/C14H15NO3/c1-17-10-5-3-9-4-6-13(18-2)14(11(9)7-10)12(16)8-15/h3-7H,8,15H2,1-2H3. The van der Waals surface area contributed by atoms with Gasteiger partial charge in [-0.3, -0.25) is 4.79 Å². The summed E-state index contributed by atoms with van der Waals surface area (Å²) in [4.78, 5) is 12.0. The maximum Gasteiger partial charge on any atom is 0.180 e. The minimum Gasteiger partial charge on any atom is -0.497 e. The molecule has 2 aromatic carbocycles. The van der Waals surface area contributed by atoms with Crippen molar-refractivity contribution in [1.82, 2.24) is 0 Å². The third kappa shape index (κ3) is 2.02. The minimum absolute atomic E-state index is 0.0489. The highest BCUT2D eigenvalue weighted by Crippen LogP contribution is 2.30. The van der Waals surface area contributed by atoms with Crippen molar-refractivity contribution in [2.24, 2.45) is 5.73 Å². The summed E-state index contributed by atoms with van der Waals surface area (Å²) in [5.41, 5.74) is 5.96. The minimum atomic E-state index is -0.147. The number of methoxy groups -OCH3 is 2. The molecule has 0 unspecified atom stereocenters. The largest absolute Gasteiger partial charge is 0.497 e. The predicted molar refractivity (Wildman–Crippen MR) is 70.4 cm³/mol. The fraction of sp³-hybridized carbons (Fsp3) is 0.214. The average Bonchev–Trinajstić information content (AvgIpc) is 2.44. The first-order valence-corrected chi connectivity index (χ1v) is 5.59. The van der Waals surface area contributed by atoms with E-state index in [2.05, 4.69) is 0 Å². The van der Waals surface area contributed by atoms with E-state index in [1.807, 2.05) is 24.3 Å². The quantitative estimate of drug-likeness (QED) is 0.837. The average molecular weight is 245 g/mol. The summed E-state index contributed by atoms with van der Waals surface area (Å²) in [5.74, 6) is 1.08. The van der Waals surface area contributed by atoms with Crippen LogP contribution >= 0.6 is 0 Å². The van der Waals surface area contributed by atoms with Gasteiger partial charge in [-0.1, -0.05) is 12.1 Å². The number of ether oxygens (including phenoxy) is 2. The fourth-order valence-corrected chi connectivity index (χ4v) is 1.97. The summed E-state index contributed by atoms with van der Waals surface area (Å²) in [6.07, 6.45) is 0. The second-order valence-electron chi connectivity index (χ2n) is 3.86. The maximum atomic E-state index is 12.0. The Hall–Kier alpha value is -2.07. The van der Waals surface area contributed by atoms with Crippen LogP contribution in [0.25, 0.3) is 10.8 Å². The van der Waals surface area contributed by atoms with E-state index in [1.165, 1.54) is 7.11 Å². The van der Waals surface area contributed by atoms with Crippen LogP contribution in [0.2, 0.25) is 0 Å². The van der Waals surface area contributed by atoms with E-state index in [0.717, 1.165) is 10.8 Å². The zero-order chi connectivity index (χ0) is 13.1. The molecule has 4 nitrogen and oxygen atoms in total. The van der Waals surface area contributed by atoms with Crippen molar-refractivity contribution in [2.75, 3.05) is 20.8 Å². The molecule has 0 aliphatic carbocycles. The number of carbonyl (C=O) groups is 1. The van der Waals surface area contributed by atoms with Crippen LogP contribution in [0.15, 0.2) is 30.3 Å². The zero-order valence-corrected chi connectivity index (χ0v) is 10.4. The molecule has 2 rings (SSSR count). The number of rotatable bonds is 4. The van der Waals surface area contributed by atoms with Crippen LogP contribution in [0.5, 0.6) is 11.5 Å². The van der Waals surface area contributed by atoms with Gasteiger partial charge in [0.25, 0.3) is 0 Å². The van der Waals surface area contributed by atoms with Gasteiger partial charge >= 0.3 is 0 Å². The van der Waals surface area contributed by atoms with Crippen LogP contribution in [0, 0.1) is 0 Å². The fourth-order valence-electron chi connectivity index (χ4n) is 1.97. The number of carbonyl (C=O) groups excluding carboxylic acids is 1. The van der Waals surface area contributed by atoms with Crippen molar-refractivity contribution >= 4 is 16.6 Å². The van der Waals surface area contributed by atoms with E-state index < -0.39 is 0 Å². The van der Waals surface area contributed by atoms with Crippen LogP contribution in [0.3, 0.4) is 0 Å². The summed E-state index contributed by atoms with van der Waals surface area (Å²) in [5, 5.41) is 1.75. The lowest BCUT2D eigenvalue weighted by Crippen LogP contribution is -2.15. The van der Waals surface area contributed by atoms with Crippen molar-refractivity contribution in [1.29, 1.82) is 0 Å². The van der Waals surface area contributed by atoms with Crippen LogP contribution in [0.1, 0.15) is 10.4 Å². The number of benzene rings is 2. The molecule has 0 radical (unpaired) electrons. The van der Waals surface area contributed by atoms with Crippen LogP contribution in [-0.2, 0) is 0 Å². The molecule has 2 N–H and O–H groups in total. The number of ketones is 1. The Morgan fingerprint density at radius 2 is 1.89 bits per heavy atom. The third-order valence-corrected chi connectivity index (χ3v) is 2.87. The number of hydrogen-bond acceptors (Lipinski definition) is 4. The molecule has 0 aliphatic rings. The van der Waals surface area contributed by atoms with Crippen LogP contribution in [0.4, 0.5) is 0 Å². The molecule has 0 atom stereocenters. The summed E-state index contributed by atoms with van der Waals surface area (Å²) in [6.45, 7) is -0.0489. The number of Topliss-reactive ketones (excluding diaryl/α,β-unsaturated/α-hetero) is 1. The maximum absolute atomic E-state index is 12.0. The van der Waals surface area contributed by atoms with Gasteiger partial charge in [0.05, 0.1) is 26.3 Å². The smallest absolute Gasteiger partial charge is 0.180 e. The molecule has 94 valence electrons. The van der Waals surface area contributed by atoms with Crippen molar-refractivity contribution in [3.8, 4) is 11.5 Å². The van der Waals surface area contributed by atoms with Crippen molar-refractivity contribution in [2.45, 2.75) is 0 Å². The molecule has 0 bridgehead atoms. The van der Waals surface area contributed by atoms with Gasteiger partial charge in [0.2, 0.25) is 0 Å². The Balaban J connectivity index is 2.78. The molecule has 0 spiro atoms. The van der Waals surface area contributed by atoms with E-state index in [9.17, 15) is 4.79 Å². The highest BCUT2D eigenvalue weighted by atomic mass is 16.5. The van der Waals surface area contributed by atoms with Crippen LogP contribution in [-0.4, -0.2) is 26.5 Å². The second-order valence-corrected chi connectivity index (χ2v) is 3.86. The normalized spacial score (nSPS) is 10.4. The highest BCUT2D eigenvalue weighted by molar-refractivity contribution is 6.11. The van der Waals surface area contributed by atoms with Crippen LogP contribution < -0.4 is 15.2 Å². The van der Waals surface area contributed by atoms with Gasteiger partial charge < -0.3 is 15.2 Å². The van der Waals surface area contributed by atoms with Crippen molar-refractivity contribution in [3.63, 3.8) is 0 Å². The Morgan fingerprint density at radius 3 is 2.50 bits per heavy atom. The second kappa shape index (κ2) is 5.06. The van der Waals surface area contributed by atoms with Gasteiger partial charge in [-0.25, -0.2) is 0 Å². The first-order valence-electron chi connectivity index (χ1n) is 5.59. The first-order chi connectivity index (χ1) is 8.71. The van der Waals surface area contributed by atoms with Gasteiger partial charge in [0, 0.05) is 0 Å². The molecule has 0 heterocycles. The molecule has 0 amide bonds. The molecule has 4 heteroatoms. The van der Waals surface area contributed by atoms with E-state index in [1.54, 1.807) is 13.2 Å².